The predicted molar refractivity (Wildman–Crippen MR) is 143 cm³/mol. The minimum Gasteiger partial charge on any atom is -0.480 e. The number of fused-ring (bicyclic) bond motifs is 2. The summed E-state index contributed by atoms with van der Waals surface area (Å²) in [6.07, 6.45) is -4.85. The van der Waals surface area contributed by atoms with Crippen LogP contribution in [0.25, 0.3) is 21.9 Å². The van der Waals surface area contributed by atoms with E-state index in [4.69, 9.17) is 5.73 Å². The first-order valence-corrected chi connectivity index (χ1v) is 13.7. The first-order valence-electron chi connectivity index (χ1n) is 12.3. The zero-order valence-corrected chi connectivity index (χ0v) is 22.0. The van der Waals surface area contributed by atoms with E-state index in [2.05, 4.69) is 0 Å². The maximum Gasteiger partial charge on any atom is 0.416 e. The van der Waals surface area contributed by atoms with Crippen molar-refractivity contribution in [2.45, 2.75) is 30.6 Å². The van der Waals surface area contributed by atoms with E-state index in [9.17, 15) is 36.3 Å². The predicted octanol–water partition coefficient (Wildman–Crippen LogP) is 4.51. The number of alkyl halides is 3. The third-order valence-electron chi connectivity index (χ3n) is 7.14. The zero-order valence-electron chi connectivity index (χ0n) is 21.1. The van der Waals surface area contributed by atoms with Gasteiger partial charge in [0.25, 0.3) is 15.6 Å². The van der Waals surface area contributed by atoms with E-state index >= 15 is 0 Å². The smallest absolute Gasteiger partial charge is 0.416 e. The molecule has 0 radical (unpaired) electrons. The van der Waals surface area contributed by atoms with Crippen molar-refractivity contribution in [3.8, 4) is 11.1 Å². The quantitative estimate of drug-likeness (QED) is 0.364. The van der Waals surface area contributed by atoms with E-state index in [-0.39, 0.29) is 29.7 Å². The van der Waals surface area contributed by atoms with Crippen molar-refractivity contribution in [1.82, 2.24) is 8.87 Å². The number of pyridine rings is 1. The van der Waals surface area contributed by atoms with Crippen LogP contribution >= 0.6 is 0 Å². The topological polar surface area (TPSA) is 123 Å². The lowest BCUT2D eigenvalue weighted by molar-refractivity contribution is -0.141. The molecule has 1 aliphatic rings. The first kappa shape index (κ1) is 27.4. The Morgan fingerprint density at radius 1 is 1.07 bits per heavy atom. The van der Waals surface area contributed by atoms with E-state index in [1.165, 1.54) is 13.0 Å². The number of rotatable bonds is 5. The Morgan fingerprint density at radius 2 is 1.75 bits per heavy atom. The SMILES string of the molecule is CCN1CC(C(=O)O)n2c(c(-c3cccc(C(F)(F)F)c3)c(Cc3cccc4ccccc34)c(N)c2=O)S1(=O)=O. The van der Waals surface area contributed by atoms with Crippen LogP contribution < -0.4 is 11.3 Å². The van der Waals surface area contributed by atoms with E-state index in [1.54, 1.807) is 18.2 Å². The van der Waals surface area contributed by atoms with Crippen molar-refractivity contribution < 1.29 is 31.5 Å². The van der Waals surface area contributed by atoms with Crippen LogP contribution in [-0.4, -0.2) is 41.5 Å². The molecule has 12 heteroatoms. The maximum absolute atomic E-state index is 13.9. The Kier molecular flexibility index (Phi) is 6.71. The molecule has 0 saturated carbocycles. The number of hydrogen-bond donors (Lipinski definition) is 2. The van der Waals surface area contributed by atoms with Crippen molar-refractivity contribution in [2.24, 2.45) is 0 Å². The third-order valence-corrected chi connectivity index (χ3v) is 9.12. The Bertz CT molecular complexity index is 1830. The summed E-state index contributed by atoms with van der Waals surface area (Å²) in [5.41, 5.74) is 4.06. The number of hydrogen-bond acceptors (Lipinski definition) is 5. The molecule has 0 bridgehead atoms. The average Bonchev–Trinajstić information content (AvgIpc) is 2.91. The highest BCUT2D eigenvalue weighted by Gasteiger charge is 2.44. The van der Waals surface area contributed by atoms with E-state index < -0.39 is 56.6 Å². The number of nitrogens with two attached hydrogens (primary N) is 1. The molecular formula is C28H24F3N3O5S. The normalized spacial score (nSPS) is 17.1. The van der Waals surface area contributed by atoms with Crippen LogP contribution in [0.5, 0.6) is 0 Å². The van der Waals surface area contributed by atoms with Crippen LogP contribution in [0.1, 0.15) is 29.7 Å². The summed E-state index contributed by atoms with van der Waals surface area (Å²) in [5.74, 6) is -1.48. The van der Waals surface area contributed by atoms with Crippen LogP contribution in [0, 0.1) is 0 Å². The highest BCUT2D eigenvalue weighted by molar-refractivity contribution is 7.89. The fourth-order valence-corrected chi connectivity index (χ4v) is 7.10. The van der Waals surface area contributed by atoms with E-state index in [0.29, 0.717) is 10.1 Å². The number of benzene rings is 3. The summed E-state index contributed by atoms with van der Waals surface area (Å²) in [7, 11) is -4.53. The molecule has 8 nitrogen and oxygen atoms in total. The molecule has 2 heterocycles. The van der Waals surface area contributed by atoms with Gasteiger partial charge in [0.1, 0.15) is 11.7 Å². The summed E-state index contributed by atoms with van der Waals surface area (Å²) in [5, 5.41) is 10.9. The van der Waals surface area contributed by atoms with Crippen molar-refractivity contribution in [3.63, 3.8) is 0 Å². The molecular weight excluding hydrogens is 547 g/mol. The number of likely N-dealkylation sites (N-methyl/N-ethyl adjacent to an activating group) is 1. The van der Waals surface area contributed by atoms with Crippen LogP contribution in [0.15, 0.2) is 76.6 Å². The minimum absolute atomic E-state index is 0.00223. The number of anilines is 1. The largest absolute Gasteiger partial charge is 0.480 e. The molecule has 0 amide bonds. The maximum atomic E-state index is 13.9. The van der Waals surface area contributed by atoms with E-state index in [0.717, 1.165) is 33.3 Å². The summed E-state index contributed by atoms with van der Waals surface area (Å²) < 4.78 is 70.5. The number of aliphatic carboxylic acids is 1. The fraction of sp³-hybridized carbons (Fsp3) is 0.214. The molecule has 5 rings (SSSR count). The Balaban J connectivity index is 1.93. The molecule has 1 aliphatic heterocycles. The lowest BCUT2D eigenvalue weighted by Gasteiger charge is -2.35. The second-order valence-electron chi connectivity index (χ2n) is 9.45. The van der Waals surface area contributed by atoms with Crippen molar-refractivity contribution in [2.75, 3.05) is 18.8 Å². The molecule has 0 aliphatic carbocycles. The van der Waals surface area contributed by atoms with Gasteiger partial charge in [0, 0.05) is 25.1 Å². The van der Waals surface area contributed by atoms with Crippen LogP contribution in [0.2, 0.25) is 0 Å². The van der Waals surface area contributed by atoms with Gasteiger partial charge in [-0.1, -0.05) is 61.5 Å². The lowest BCUT2D eigenvalue weighted by atomic mass is 9.92. The lowest BCUT2D eigenvalue weighted by Crippen LogP contribution is -2.50. The molecule has 208 valence electrons. The Morgan fingerprint density at radius 3 is 2.42 bits per heavy atom. The van der Waals surface area contributed by atoms with Crippen molar-refractivity contribution in [1.29, 1.82) is 0 Å². The van der Waals surface area contributed by atoms with E-state index in [1.807, 2.05) is 24.3 Å². The molecule has 1 unspecified atom stereocenters. The zero-order chi connectivity index (χ0) is 29.0. The van der Waals surface area contributed by atoms with Crippen molar-refractivity contribution in [3.05, 3.63) is 93.8 Å². The number of halogens is 3. The first-order chi connectivity index (χ1) is 18.9. The monoisotopic (exact) mass is 571 g/mol. The molecule has 3 aromatic carbocycles. The number of carbonyl (C=O) groups is 1. The van der Waals surface area contributed by atoms with Gasteiger partial charge < -0.3 is 10.8 Å². The standard InChI is InChI=1S/C28H24F3N3O5S/c1-2-33-15-22(27(36)37)34-25(35)24(32)21(14-17-9-5-8-16-7-3-4-12-20(16)17)23(26(34)40(33,38)39)18-10-6-11-19(13-18)28(29,30)31/h3-13,22H,2,14-15,32H2,1H3,(H,36,37). The minimum atomic E-state index is -4.75. The molecule has 0 fully saturated rings. The van der Waals surface area contributed by atoms with Crippen LogP contribution in [0.4, 0.5) is 18.9 Å². The van der Waals surface area contributed by atoms with Gasteiger partial charge in [-0.2, -0.15) is 17.5 Å². The Labute approximate surface area is 227 Å². The second-order valence-corrected chi connectivity index (χ2v) is 11.3. The van der Waals surface area contributed by atoms with Crippen LogP contribution in [0.3, 0.4) is 0 Å². The molecule has 0 spiro atoms. The number of sulfonamides is 1. The van der Waals surface area contributed by atoms with Crippen molar-refractivity contribution >= 4 is 32.5 Å². The van der Waals surface area contributed by atoms with Gasteiger partial charge in [0.2, 0.25) is 0 Å². The summed E-state index contributed by atoms with van der Waals surface area (Å²) in [6, 6.07) is 15.1. The molecule has 0 saturated heterocycles. The van der Waals surface area contributed by atoms with Gasteiger partial charge >= 0.3 is 12.1 Å². The van der Waals surface area contributed by atoms with Gasteiger partial charge in [0.05, 0.1) is 5.56 Å². The highest BCUT2D eigenvalue weighted by atomic mass is 32.2. The van der Waals surface area contributed by atoms with Gasteiger partial charge in [-0.25, -0.2) is 13.2 Å². The van der Waals surface area contributed by atoms with Gasteiger partial charge in [-0.05, 0) is 39.6 Å². The van der Waals surface area contributed by atoms with Gasteiger partial charge in [-0.3, -0.25) is 9.36 Å². The number of nitrogen functional groups attached to an aromatic ring is 1. The number of carboxylic acids is 1. The number of nitrogens with zero attached hydrogens (tertiary/aromatic N) is 2. The summed E-state index contributed by atoms with van der Waals surface area (Å²) >= 11 is 0. The molecule has 4 aromatic rings. The molecule has 40 heavy (non-hydrogen) atoms. The fourth-order valence-electron chi connectivity index (χ4n) is 5.22. The second kappa shape index (κ2) is 9.79. The molecule has 1 atom stereocenters. The molecule has 3 N–H and O–H groups in total. The Hall–Kier alpha value is -4.16. The van der Waals surface area contributed by atoms with Gasteiger partial charge in [-0.15, -0.1) is 0 Å². The number of aromatic nitrogens is 1. The summed E-state index contributed by atoms with van der Waals surface area (Å²) in [6.45, 7) is 0.846. The number of carboxylic acid groups (broad SMARTS) is 1. The highest BCUT2D eigenvalue weighted by Crippen LogP contribution is 2.41. The third kappa shape index (κ3) is 4.42. The average molecular weight is 572 g/mol. The van der Waals surface area contributed by atoms with Crippen LogP contribution in [-0.2, 0) is 27.4 Å². The molecule has 1 aromatic heterocycles. The summed E-state index contributed by atoms with van der Waals surface area (Å²) in [4.78, 5) is 25.8. The van der Waals surface area contributed by atoms with Gasteiger partial charge in [0.15, 0.2) is 5.03 Å².